The van der Waals surface area contributed by atoms with Crippen LogP contribution in [0.5, 0.6) is 5.75 Å². The van der Waals surface area contributed by atoms with Crippen molar-refractivity contribution in [2.45, 2.75) is 45.7 Å². The minimum atomic E-state index is -0.0243. The van der Waals surface area contributed by atoms with E-state index in [1.807, 2.05) is 6.07 Å². The molecule has 0 saturated heterocycles. The van der Waals surface area contributed by atoms with Gasteiger partial charge in [-0.05, 0) is 32.8 Å². The molecule has 1 aromatic rings. The Hall–Kier alpha value is -1.06. The molecule has 0 radical (unpaired) electrons. The molecule has 0 fully saturated rings. The van der Waals surface area contributed by atoms with Crippen molar-refractivity contribution < 1.29 is 9.84 Å². The van der Waals surface area contributed by atoms with Crippen LogP contribution in [0.1, 0.15) is 37.8 Å². The standard InChI is InChI=1S/C15H25NO2/c1-5-15(3,8-9-17)16-11-13-10-12(2)6-7-14(13)18-4/h6-7,10,16-17H,5,8-9,11H2,1-4H3. The second-order valence-corrected chi connectivity index (χ2v) is 5.06. The molecular formula is C15H25NO2. The lowest BCUT2D eigenvalue weighted by Crippen LogP contribution is -2.42. The lowest BCUT2D eigenvalue weighted by atomic mass is 9.94. The summed E-state index contributed by atoms with van der Waals surface area (Å²) in [7, 11) is 1.70. The fourth-order valence-electron chi connectivity index (χ4n) is 1.99. The number of methoxy groups -OCH3 is 1. The number of hydrogen-bond donors (Lipinski definition) is 2. The molecule has 0 spiro atoms. The number of rotatable bonds is 7. The molecule has 102 valence electrons. The molecule has 0 bridgehead atoms. The van der Waals surface area contributed by atoms with E-state index in [4.69, 9.17) is 9.84 Å². The minimum Gasteiger partial charge on any atom is -0.496 e. The van der Waals surface area contributed by atoms with Crippen molar-refractivity contribution in [1.82, 2.24) is 5.32 Å². The van der Waals surface area contributed by atoms with Crippen molar-refractivity contribution in [3.8, 4) is 5.75 Å². The summed E-state index contributed by atoms with van der Waals surface area (Å²) in [6, 6.07) is 6.19. The maximum Gasteiger partial charge on any atom is 0.123 e. The predicted molar refractivity (Wildman–Crippen MR) is 75.0 cm³/mol. The Labute approximate surface area is 110 Å². The van der Waals surface area contributed by atoms with E-state index in [1.165, 1.54) is 5.56 Å². The summed E-state index contributed by atoms with van der Waals surface area (Å²) >= 11 is 0. The summed E-state index contributed by atoms with van der Waals surface area (Å²) in [5.74, 6) is 0.913. The Morgan fingerprint density at radius 2 is 2.11 bits per heavy atom. The molecule has 3 heteroatoms. The van der Waals surface area contributed by atoms with E-state index in [0.717, 1.165) is 30.7 Å². The van der Waals surface area contributed by atoms with Crippen LogP contribution >= 0.6 is 0 Å². The highest BCUT2D eigenvalue weighted by Gasteiger charge is 2.20. The van der Waals surface area contributed by atoms with E-state index in [-0.39, 0.29) is 12.1 Å². The van der Waals surface area contributed by atoms with E-state index in [9.17, 15) is 0 Å². The summed E-state index contributed by atoms with van der Waals surface area (Å²) in [6.07, 6.45) is 1.75. The molecule has 0 aliphatic rings. The molecule has 1 atom stereocenters. The first-order valence-electron chi connectivity index (χ1n) is 6.54. The number of nitrogens with one attached hydrogen (secondary N) is 1. The van der Waals surface area contributed by atoms with E-state index in [0.29, 0.717) is 0 Å². The third kappa shape index (κ3) is 4.00. The topological polar surface area (TPSA) is 41.5 Å². The third-order valence-corrected chi connectivity index (χ3v) is 3.59. The van der Waals surface area contributed by atoms with Crippen molar-refractivity contribution in [2.75, 3.05) is 13.7 Å². The molecule has 0 heterocycles. The average molecular weight is 251 g/mol. The number of ether oxygens (including phenoxy) is 1. The molecule has 1 rings (SSSR count). The van der Waals surface area contributed by atoms with Crippen molar-refractivity contribution in [3.05, 3.63) is 29.3 Å². The molecule has 18 heavy (non-hydrogen) atoms. The van der Waals surface area contributed by atoms with Crippen LogP contribution in [0.15, 0.2) is 18.2 Å². The Morgan fingerprint density at radius 1 is 1.39 bits per heavy atom. The van der Waals surface area contributed by atoms with Crippen LogP contribution < -0.4 is 10.1 Å². The molecular weight excluding hydrogens is 226 g/mol. The second-order valence-electron chi connectivity index (χ2n) is 5.06. The Morgan fingerprint density at radius 3 is 2.67 bits per heavy atom. The normalized spacial score (nSPS) is 14.3. The zero-order chi connectivity index (χ0) is 13.6. The van der Waals surface area contributed by atoms with Gasteiger partial charge in [-0.25, -0.2) is 0 Å². The number of aliphatic hydroxyl groups excluding tert-OH is 1. The van der Waals surface area contributed by atoms with Crippen LogP contribution in [-0.2, 0) is 6.54 Å². The first-order chi connectivity index (χ1) is 8.54. The van der Waals surface area contributed by atoms with Crippen LogP contribution in [0.3, 0.4) is 0 Å². The first-order valence-corrected chi connectivity index (χ1v) is 6.54. The predicted octanol–water partition coefficient (Wildman–Crippen LogP) is 2.64. The van der Waals surface area contributed by atoms with E-state index >= 15 is 0 Å². The number of benzene rings is 1. The smallest absolute Gasteiger partial charge is 0.123 e. The lowest BCUT2D eigenvalue weighted by Gasteiger charge is -2.29. The molecule has 0 amide bonds. The number of aliphatic hydroxyl groups is 1. The maximum atomic E-state index is 9.11. The molecule has 0 aliphatic heterocycles. The largest absolute Gasteiger partial charge is 0.496 e. The summed E-state index contributed by atoms with van der Waals surface area (Å²) in [6.45, 7) is 7.33. The number of aryl methyl sites for hydroxylation is 1. The third-order valence-electron chi connectivity index (χ3n) is 3.59. The van der Waals surface area contributed by atoms with Gasteiger partial charge in [-0.1, -0.05) is 24.6 Å². The molecule has 2 N–H and O–H groups in total. The molecule has 0 aromatic heterocycles. The van der Waals surface area contributed by atoms with Gasteiger partial charge in [0.1, 0.15) is 5.75 Å². The monoisotopic (exact) mass is 251 g/mol. The van der Waals surface area contributed by atoms with Crippen molar-refractivity contribution in [3.63, 3.8) is 0 Å². The van der Waals surface area contributed by atoms with Crippen LogP contribution in [-0.4, -0.2) is 24.4 Å². The van der Waals surface area contributed by atoms with Crippen LogP contribution in [0.2, 0.25) is 0 Å². The van der Waals surface area contributed by atoms with Crippen LogP contribution in [0.25, 0.3) is 0 Å². The maximum absolute atomic E-state index is 9.11. The van der Waals surface area contributed by atoms with Gasteiger partial charge in [0, 0.05) is 24.3 Å². The highest BCUT2D eigenvalue weighted by molar-refractivity contribution is 5.36. The second kappa shape index (κ2) is 6.76. The Balaban J connectivity index is 2.75. The minimum absolute atomic E-state index is 0.0243. The molecule has 1 unspecified atom stereocenters. The Bertz CT molecular complexity index is 379. The van der Waals surface area contributed by atoms with Crippen molar-refractivity contribution in [1.29, 1.82) is 0 Å². The van der Waals surface area contributed by atoms with Crippen molar-refractivity contribution >= 4 is 0 Å². The molecule has 1 aromatic carbocycles. The fourth-order valence-corrected chi connectivity index (χ4v) is 1.99. The average Bonchev–Trinajstić information content (AvgIpc) is 2.37. The highest BCUT2D eigenvalue weighted by Crippen LogP contribution is 2.21. The van der Waals surface area contributed by atoms with Crippen LogP contribution in [0.4, 0.5) is 0 Å². The van der Waals surface area contributed by atoms with Crippen LogP contribution in [0, 0.1) is 6.92 Å². The SMILES string of the molecule is CCC(C)(CCO)NCc1cc(C)ccc1OC. The fraction of sp³-hybridized carbons (Fsp3) is 0.600. The zero-order valence-electron chi connectivity index (χ0n) is 11.9. The summed E-state index contributed by atoms with van der Waals surface area (Å²) in [5.41, 5.74) is 2.37. The van der Waals surface area contributed by atoms with Gasteiger partial charge in [0.2, 0.25) is 0 Å². The van der Waals surface area contributed by atoms with E-state index < -0.39 is 0 Å². The summed E-state index contributed by atoms with van der Waals surface area (Å²) in [4.78, 5) is 0. The summed E-state index contributed by atoms with van der Waals surface area (Å²) < 4.78 is 5.37. The zero-order valence-corrected chi connectivity index (χ0v) is 11.9. The van der Waals surface area contributed by atoms with Gasteiger partial charge in [-0.3, -0.25) is 0 Å². The Kier molecular flexibility index (Phi) is 5.63. The molecule has 0 aliphatic carbocycles. The van der Waals surface area contributed by atoms with Gasteiger partial charge in [0.25, 0.3) is 0 Å². The van der Waals surface area contributed by atoms with E-state index in [1.54, 1.807) is 7.11 Å². The van der Waals surface area contributed by atoms with Gasteiger partial charge in [0.15, 0.2) is 0 Å². The molecule has 3 nitrogen and oxygen atoms in total. The van der Waals surface area contributed by atoms with Gasteiger partial charge >= 0.3 is 0 Å². The lowest BCUT2D eigenvalue weighted by molar-refractivity contribution is 0.214. The quantitative estimate of drug-likeness (QED) is 0.783. The van der Waals surface area contributed by atoms with Gasteiger partial charge in [0.05, 0.1) is 7.11 Å². The highest BCUT2D eigenvalue weighted by atomic mass is 16.5. The first kappa shape index (κ1) is 15.0. The van der Waals surface area contributed by atoms with E-state index in [2.05, 4.69) is 38.2 Å². The summed E-state index contributed by atoms with van der Waals surface area (Å²) in [5, 5.41) is 12.6. The number of hydrogen-bond acceptors (Lipinski definition) is 3. The van der Waals surface area contributed by atoms with Gasteiger partial charge < -0.3 is 15.2 Å². The van der Waals surface area contributed by atoms with Gasteiger partial charge in [-0.2, -0.15) is 0 Å². The van der Waals surface area contributed by atoms with Crippen molar-refractivity contribution in [2.24, 2.45) is 0 Å². The molecule has 0 saturated carbocycles. The van der Waals surface area contributed by atoms with Gasteiger partial charge in [-0.15, -0.1) is 0 Å².